The van der Waals surface area contributed by atoms with E-state index >= 15 is 0 Å². The number of phenolic OH excluding ortho intramolecular Hbond substituents is 1. The second kappa shape index (κ2) is 4.99. The minimum atomic E-state index is -3.87. The zero-order valence-corrected chi connectivity index (χ0v) is 8.87. The number of rotatable bonds is 5. The van der Waals surface area contributed by atoms with Gasteiger partial charge < -0.3 is 10.4 Å². The van der Waals surface area contributed by atoms with Gasteiger partial charge in [0.25, 0.3) is 10.1 Å². The fourth-order valence-corrected chi connectivity index (χ4v) is 1.58. The second-order valence-corrected chi connectivity index (χ2v) is 4.69. The molecule has 5 nitrogen and oxygen atoms in total. The molecule has 0 aliphatic carbocycles. The Morgan fingerprint density at radius 2 is 1.80 bits per heavy atom. The summed E-state index contributed by atoms with van der Waals surface area (Å²) in [6, 6.07) is 6.43. The fourth-order valence-electron chi connectivity index (χ4n) is 1.07. The maximum atomic E-state index is 10.4. The molecule has 6 heteroatoms. The van der Waals surface area contributed by atoms with Crippen LogP contribution >= 0.6 is 0 Å². The molecule has 0 bridgehead atoms. The Balaban J connectivity index is 2.29. The predicted molar refractivity (Wildman–Crippen MR) is 57.6 cm³/mol. The van der Waals surface area contributed by atoms with Crippen LogP contribution in [0.1, 0.15) is 6.42 Å². The number of aromatic hydroxyl groups is 1. The normalized spacial score (nSPS) is 11.3. The molecular formula is C9H13NO4S. The standard InChI is InChI=1S/C9H13NO4S/c11-9-4-2-8(3-5-9)10-6-1-7-15(12,13)14/h2-5,10-11H,1,6-7H2,(H,12,13,14). The molecule has 0 heterocycles. The SMILES string of the molecule is O=S(=O)(O)CCCNc1ccc(O)cc1. The summed E-state index contributed by atoms with van der Waals surface area (Å²) in [7, 11) is -3.87. The molecule has 0 saturated heterocycles. The molecule has 0 aromatic heterocycles. The van der Waals surface area contributed by atoms with Crippen molar-refractivity contribution in [3.63, 3.8) is 0 Å². The van der Waals surface area contributed by atoms with Gasteiger partial charge in [-0.2, -0.15) is 8.42 Å². The Morgan fingerprint density at radius 3 is 2.33 bits per heavy atom. The van der Waals surface area contributed by atoms with Crippen LogP contribution in [0.15, 0.2) is 24.3 Å². The van der Waals surface area contributed by atoms with Gasteiger partial charge in [0.15, 0.2) is 0 Å². The third kappa shape index (κ3) is 5.24. The van der Waals surface area contributed by atoms with Crippen LogP contribution in [0.5, 0.6) is 5.75 Å². The summed E-state index contributed by atoms with van der Waals surface area (Å²) in [5.41, 5.74) is 0.795. The highest BCUT2D eigenvalue weighted by Crippen LogP contribution is 2.13. The van der Waals surface area contributed by atoms with Crippen molar-refractivity contribution in [2.24, 2.45) is 0 Å². The van der Waals surface area contributed by atoms with E-state index in [1.165, 1.54) is 12.1 Å². The molecule has 0 unspecified atom stereocenters. The summed E-state index contributed by atoms with van der Waals surface area (Å²) >= 11 is 0. The maximum Gasteiger partial charge on any atom is 0.264 e. The van der Waals surface area contributed by atoms with Gasteiger partial charge in [-0.25, -0.2) is 0 Å². The lowest BCUT2D eigenvalue weighted by atomic mass is 10.3. The molecule has 3 N–H and O–H groups in total. The Labute approximate surface area is 88.5 Å². The highest BCUT2D eigenvalue weighted by atomic mass is 32.2. The first-order valence-corrected chi connectivity index (χ1v) is 6.06. The molecule has 1 aromatic rings. The molecule has 1 aromatic carbocycles. The second-order valence-electron chi connectivity index (χ2n) is 3.11. The lowest BCUT2D eigenvalue weighted by molar-refractivity contribution is 0.475. The average molecular weight is 231 g/mol. The van der Waals surface area contributed by atoms with E-state index in [0.29, 0.717) is 13.0 Å². The molecule has 0 aliphatic rings. The smallest absolute Gasteiger partial charge is 0.264 e. The number of hydrogen-bond acceptors (Lipinski definition) is 4. The third-order valence-corrected chi connectivity index (χ3v) is 2.58. The Kier molecular flexibility index (Phi) is 3.93. The van der Waals surface area contributed by atoms with Crippen LogP contribution in [0.3, 0.4) is 0 Å². The highest BCUT2D eigenvalue weighted by molar-refractivity contribution is 7.85. The van der Waals surface area contributed by atoms with Gasteiger partial charge in [-0.15, -0.1) is 0 Å². The molecule has 0 amide bonds. The monoisotopic (exact) mass is 231 g/mol. The molecule has 15 heavy (non-hydrogen) atoms. The molecule has 0 atom stereocenters. The van der Waals surface area contributed by atoms with Crippen LogP contribution in [-0.4, -0.2) is 30.4 Å². The van der Waals surface area contributed by atoms with Crippen molar-refractivity contribution in [1.29, 1.82) is 0 Å². The van der Waals surface area contributed by atoms with Crippen LogP contribution in [0, 0.1) is 0 Å². The molecule has 0 spiro atoms. The van der Waals surface area contributed by atoms with Crippen LogP contribution in [0.2, 0.25) is 0 Å². The molecule has 1 rings (SSSR count). The van der Waals surface area contributed by atoms with E-state index in [4.69, 9.17) is 9.66 Å². The summed E-state index contributed by atoms with van der Waals surface area (Å²) in [5.74, 6) is -0.0727. The minimum Gasteiger partial charge on any atom is -0.508 e. The zero-order chi connectivity index (χ0) is 11.3. The molecule has 0 fully saturated rings. The average Bonchev–Trinajstić information content (AvgIpc) is 2.14. The first-order chi connectivity index (χ1) is 6.97. The van der Waals surface area contributed by atoms with Gasteiger partial charge in [-0.1, -0.05) is 0 Å². The minimum absolute atomic E-state index is 0.179. The summed E-state index contributed by atoms with van der Waals surface area (Å²) in [5, 5.41) is 12.0. The van der Waals surface area contributed by atoms with Crippen LogP contribution in [0.25, 0.3) is 0 Å². The van der Waals surface area contributed by atoms with Gasteiger partial charge in [0.1, 0.15) is 5.75 Å². The molecule has 0 saturated carbocycles. The fraction of sp³-hybridized carbons (Fsp3) is 0.333. The molecule has 84 valence electrons. The van der Waals surface area contributed by atoms with E-state index in [2.05, 4.69) is 5.32 Å². The van der Waals surface area contributed by atoms with Gasteiger partial charge in [0.2, 0.25) is 0 Å². The van der Waals surface area contributed by atoms with Crippen LogP contribution in [-0.2, 0) is 10.1 Å². The number of phenols is 1. The summed E-state index contributed by atoms with van der Waals surface area (Å²) < 4.78 is 29.2. The summed E-state index contributed by atoms with van der Waals surface area (Å²) in [4.78, 5) is 0. The number of anilines is 1. The lowest BCUT2D eigenvalue weighted by Gasteiger charge is -2.05. The van der Waals surface area contributed by atoms with Gasteiger partial charge in [0.05, 0.1) is 5.75 Å². The Hall–Kier alpha value is -1.27. The van der Waals surface area contributed by atoms with E-state index in [0.717, 1.165) is 5.69 Å². The summed E-state index contributed by atoms with van der Waals surface area (Å²) in [6.45, 7) is 0.449. The van der Waals surface area contributed by atoms with E-state index in [1.54, 1.807) is 12.1 Å². The van der Waals surface area contributed by atoms with E-state index in [-0.39, 0.29) is 11.5 Å². The first kappa shape index (κ1) is 11.8. The molecule has 0 radical (unpaired) electrons. The number of hydrogen-bond donors (Lipinski definition) is 3. The van der Waals surface area contributed by atoms with Crippen molar-refractivity contribution in [3.05, 3.63) is 24.3 Å². The van der Waals surface area contributed by atoms with E-state index < -0.39 is 10.1 Å². The van der Waals surface area contributed by atoms with E-state index in [1.807, 2.05) is 0 Å². The van der Waals surface area contributed by atoms with Crippen molar-refractivity contribution in [1.82, 2.24) is 0 Å². The van der Waals surface area contributed by atoms with Crippen molar-refractivity contribution in [3.8, 4) is 5.75 Å². The van der Waals surface area contributed by atoms with E-state index in [9.17, 15) is 8.42 Å². The predicted octanol–water partition coefficient (Wildman–Crippen LogP) is 1.08. The molecule has 0 aliphatic heterocycles. The van der Waals surface area contributed by atoms with Gasteiger partial charge >= 0.3 is 0 Å². The Morgan fingerprint density at radius 1 is 1.20 bits per heavy atom. The van der Waals surface area contributed by atoms with Crippen LogP contribution in [0.4, 0.5) is 5.69 Å². The van der Waals surface area contributed by atoms with Crippen LogP contribution < -0.4 is 5.32 Å². The zero-order valence-electron chi connectivity index (χ0n) is 8.05. The van der Waals surface area contributed by atoms with Gasteiger partial charge in [0, 0.05) is 12.2 Å². The van der Waals surface area contributed by atoms with Crippen molar-refractivity contribution in [2.75, 3.05) is 17.6 Å². The third-order valence-electron chi connectivity index (χ3n) is 1.78. The summed E-state index contributed by atoms with van der Waals surface area (Å²) in [6.07, 6.45) is 0.333. The van der Waals surface area contributed by atoms with Gasteiger partial charge in [-0.3, -0.25) is 4.55 Å². The number of nitrogens with one attached hydrogen (secondary N) is 1. The van der Waals surface area contributed by atoms with Gasteiger partial charge in [-0.05, 0) is 30.7 Å². The Bertz CT molecular complexity index is 399. The van der Waals surface area contributed by atoms with Crippen molar-refractivity contribution >= 4 is 15.8 Å². The van der Waals surface area contributed by atoms with Crippen molar-refractivity contribution in [2.45, 2.75) is 6.42 Å². The topological polar surface area (TPSA) is 86.6 Å². The largest absolute Gasteiger partial charge is 0.508 e. The quantitative estimate of drug-likeness (QED) is 0.401. The maximum absolute atomic E-state index is 10.4. The number of benzene rings is 1. The first-order valence-electron chi connectivity index (χ1n) is 4.45. The lowest BCUT2D eigenvalue weighted by Crippen LogP contribution is -2.09. The highest BCUT2D eigenvalue weighted by Gasteiger charge is 2.02. The van der Waals surface area contributed by atoms with Crippen molar-refractivity contribution < 1.29 is 18.1 Å². The molecular weight excluding hydrogens is 218 g/mol.